The van der Waals surface area contributed by atoms with Gasteiger partial charge in [-0.25, -0.2) is 0 Å². The molecular formula is C15H19N5O4. The van der Waals surface area contributed by atoms with E-state index in [0.717, 1.165) is 0 Å². The molecule has 2 aromatic rings. The highest BCUT2D eigenvalue weighted by atomic mass is 16.5. The van der Waals surface area contributed by atoms with Crippen molar-refractivity contribution < 1.29 is 19.7 Å². The van der Waals surface area contributed by atoms with Crippen LogP contribution in [0.1, 0.15) is 29.8 Å². The first-order valence-electron chi connectivity index (χ1n) is 8.07. The lowest BCUT2D eigenvalue weighted by atomic mass is 9.80. The maximum atomic E-state index is 12.8. The van der Waals surface area contributed by atoms with Crippen LogP contribution in [0.5, 0.6) is 0 Å². The van der Waals surface area contributed by atoms with E-state index in [0.29, 0.717) is 50.3 Å². The molecule has 0 unspecified atom stereocenters. The molecule has 0 aromatic carbocycles. The number of nitrogens with zero attached hydrogens (tertiary/aromatic N) is 5. The molecule has 24 heavy (non-hydrogen) atoms. The van der Waals surface area contributed by atoms with E-state index < -0.39 is 17.8 Å². The van der Waals surface area contributed by atoms with Gasteiger partial charge in [-0.1, -0.05) is 6.07 Å². The van der Waals surface area contributed by atoms with Crippen LogP contribution in [0.15, 0.2) is 18.2 Å². The van der Waals surface area contributed by atoms with Gasteiger partial charge in [-0.2, -0.15) is 4.52 Å². The summed E-state index contributed by atoms with van der Waals surface area (Å²) in [5, 5.41) is 31.5. The van der Waals surface area contributed by atoms with Crippen molar-refractivity contribution >= 4 is 11.6 Å². The van der Waals surface area contributed by atoms with Crippen molar-refractivity contribution in [1.82, 2.24) is 24.9 Å². The van der Waals surface area contributed by atoms with Gasteiger partial charge in [0.25, 0.3) is 5.91 Å². The van der Waals surface area contributed by atoms with Crippen molar-refractivity contribution in [2.45, 2.75) is 37.1 Å². The Morgan fingerprint density at radius 2 is 2.08 bits per heavy atom. The molecule has 2 fully saturated rings. The van der Waals surface area contributed by atoms with Crippen molar-refractivity contribution in [3.8, 4) is 0 Å². The highest BCUT2D eigenvalue weighted by molar-refractivity contribution is 5.93. The second kappa shape index (κ2) is 5.76. The predicted molar refractivity (Wildman–Crippen MR) is 81.2 cm³/mol. The topological polar surface area (TPSA) is 113 Å². The quantitative estimate of drug-likeness (QED) is 0.705. The number of fused-ring (bicyclic) bond motifs is 1. The Bertz CT molecular complexity index is 755. The van der Waals surface area contributed by atoms with Gasteiger partial charge in [-0.15, -0.1) is 5.10 Å². The van der Waals surface area contributed by atoms with Gasteiger partial charge in [0.15, 0.2) is 5.65 Å². The van der Waals surface area contributed by atoms with Gasteiger partial charge in [-0.3, -0.25) is 4.79 Å². The Balaban J connectivity index is 1.52. The molecule has 0 bridgehead atoms. The van der Waals surface area contributed by atoms with E-state index >= 15 is 0 Å². The largest absolute Gasteiger partial charge is 0.390 e. The Morgan fingerprint density at radius 1 is 1.29 bits per heavy atom. The van der Waals surface area contributed by atoms with Gasteiger partial charge in [0.2, 0.25) is 0 Å². The molecule has 9 heteroatoms. The molecule has 1 spiro atoms. The van der Waals surface area contributed by atoms with Crippen LogP contribution >= 0.6 is 0 Å². The molecule has 2 saturated heterocycles. The molecule has 2 N–H and O–H groups in total. The van der Waals surface area contributed by atoms with E-state index in [-0.39, 0.29) is 5.91 Å². The summed E-state index contributed by atoms with van der Waals surface area (Å²) in [6, 6.07) is 5.16. The summed E-state index contributed by atoms with van der Waals surface area (Å²) in [6.07, 6.45) is -0.264. The van der Waals surface area contributed by atoms with Crippen LogP contribution in [-0.4, -0.2) is 78.6 Å². The number of aromatic nitrogens is 4. The lowest BCUT2D eigenvalue weighted by molar-refractivity contribution is -0.212. The zero-order valence-electron chi connectivity index (χ0n) is 13.1. The Morgan fingerprint density at radius 3 is 2.88 bits per heavy atom. The van der Waals surface area contributed by atoms with Gasteiger partial charge in [-0.05, 0) is 41.8 Å². The van der Waals surface area contributed by atoms with Crippen molar-refractivity contribution in [2.24, 2.45) is 0 Å². The third-order valence-corrected chi connectivity index (χ3v) is 5.04. The number of ether oxygens (including phenoxy) is 1. The number of tetrazole rings is 1. The molecule has 0 saturated carbocycles. The number of carbonyl (C=O) groups excluding carboxylic acids is 1. The monoisotopic (exact) mass is 333 g/mol. The lowest BCUT2D eigenvalue weighted by Crippen LogP contribution is -2.60. The van der Waals surface area contributed by atoms with E-state index in [9.17, 15) is 15.0 Å². The highest BCUT2D eigenvalue weighted by Crippen LogP contribution is 2.35. The molecule has 4 heterocycles. The van der Waals surface area contributed by atoms with Gasteiger partial charge in [0.05, 0.1) is 18.3 Å². The lowest BCUT2D eigenvalue weighted by Gasteiger charge is -2.48. The third-order valence-electron chi connectivity index (χ3n) is 5.04. The number of hydrogen-bond acceptors (Lipinski definition) is 7. The first kappa shape index (κ1) is 15.4. The Labute approximate surface area is 137 Å². The first-order chi connectivity index (χ1) is 11.6. The van der Waals surface area contributed by atoms with Gasteiger partial charge >= 0.3 is 0 Å². The van der Waals surface area contributed by atoms with Crippen LogP contribution in [0.25, 0.3) is 5.65 Å². The second-order valence-electron chi connectivity index (χ2n) is 6.37. The first-order valence-corrected chi connectivity index (χ1v) is 8.07. The molecule has 2 aliphatic heterocycles. The highest BCUT2D eigenvalue weighted by Gasteiger charge is 2.48. The van der Waals surface area contributed by atoms with Crippen LogP contribution < -0.4 is 0 Å². The summed E-state index contributed by atoms with van der Waals surface area (Å²) >= 11 is 0. The molecule has 0 radical (unpaired) electrons. The summed E-state index contributed by atoms with van der Waals surface area (Å²) < 4.78 is 7.21. The van der Waals surface area contributed by atoms with Crippen LogP contribution in [0, 0.1) is 0 Å². The summed E-state index contributed by atoms with van der Waals surface area (Å²) in [5.41, 5.74) is 0.164. The molecule has 2 atom stereocenters. The summed E-state index contributed by atoms with van der Waals surface area (Å²) in [5.74, 6) is -0.159. The number of carbonyl (C=O) groups is 1. The van der Waals surface area contributed by atoms with E-state index in [2.05, 4.69) is 15.5 Å². The number of aliphatic hydroxyl groups excluding tert-OH is 2. The fourth-order valence-electron chi connectivity index (χ4n) is 3.59. The third kappa shape index (κ3) is 2.36. The molecule has 2 aliphatic rings. The van der Waals surface area contributed by atoms with Crippen LogP contribution in [0.2, 0.25) is 0 Å². The molecule has 0 aliphatic carbocycles. The summed E-state index contributed by atoms with van der Waals surface area (Å²) in [6.45, 7) is 1.32. The van der Waals surface area contributed by atoms with E-state index in [1.54, 1.807) is 23.1 Å². The minimum atomic E-state index is -0.911. The number of piperidine rings is 1. The minimum Gasteiger partial charge on any atom is -0.390 e. The van der Waals surface area contributed by atoms with Gasteiger partial charge in [0.1, 0.15) is 11.8 Å². The normalized spacial score (nSPS) is 26.8. The van der Waals surface area contributed by atoms with E-state index in [1.165, 1.54) is 4.52 Å². The molecular weight excluding hydrogens is 314 g/mol. The number of pyridine rings is 1. The second-order valence-corrected chi connectivity index (χ2v) is 6.37. The molecule has 4 rings (SSSR count). The maximum absolute atomic E-state index is 12.8. The maximum Gasteiger partial charge on any atom is 0.272 e. The Hall–Kier alpha value is -2.10. The molecule has 1 amide bonds. The van der Waals surface area contributed by atoms with Gasteiger partial charge < -0.3 is 19.8 Å². The zero-order chi connectivity index (χ0) is 16.7. The van der Waals surface area contributed by atoms with E-state index in [1.807, 2.05) is 0 Å². The van der Waals surface area contributed by atoms with E-state index in [4.69, 9.17) is 4.74 Å². The van der Waals surface area contributed by atoms with Crippen molar-refractivity contribution in [1.29, 1.82) is 0 Å². The standard InChI is InChI=1S/C15H19N5O4/c21-11-4-9-24-15(13(11)22)5-7-19(8-6-15)14(23)10-2-1-3-12-16-17-18-20(10)12/h1-3,11,13,21-22H,4-9H2/t11-,13-/m0/s1. The summed E-state index contributed by atoms with van der Waals surface area (Å²) in [7, 11) is 0. The fourth-order valence-corrected chi connectivity index (χ4v) is 3.59. The number of hydrogen-bond donors (Lipinski definition) is 2. The fraction of sp³-hybridized carbons (Fsp3) is 0.600. The average molecular weight is 333 g/mol. The van der Waals surface area contributed by atoms with Gasteiger partial charge in [0, 0.05) is 13.1 Å². The predicted octanol–water partition coefficient (Wildman–Crippen LogP) is -0.759. The molecule has 2 aromatic heterocycles. The van der Waals surface area contributed by atoms with Crippen LogP contribution in [-0.2, 0) is 4.74 Å². The molecule has 9 nitrogen and oxygen atoms in total. The molecule has 128 valence electrons. The zero-order valence-corrected chi connectivity index (χ0v) is 13.1. The van der Waals surface area contributed by atoms with Crippen LogP contribution in [0.3, 0.4) is 0 Å². The smallest absolute Gasteiger partial charge is 0.272 e. The number of likely N-dealkylation sites (tertiary alicyclic amines) is 1. The van der Waals surface area contributed by atoms with Crippen LogP contribution in [0.4, 0.5) is 0 Å². The van der Waals surface area contributed by atoms with Crippen molar-refractivity contribution in [2.75, 3.05) is 19.7 Å². The number of aliphatic hydroxyl groups is 2. The minimum absolute atomic E-state index is 0.159. The SMILES string of the molecule is O=C(c1cccc2nnnn12)N1CCC2(CC1)OCC[C@H](O)[C@@H]2O. The van der Waals surface area contributed by atoms with Crippen molar-refractivity contribution in [3.05, 3.63) is 23.9 Å². The number of amides is 1. The number of rotatable bonds is 1. The average Bonchev–Trinajstić information content (AvgIpc) is 3.08. The van der Waals surface area contributed by atoms with Crippen molar-refractivity contribution in [3.63, 3.8) is 0 Å². The summed E-state index contributed by atoms with van der Waals surface area (Å²) in [4.78, 5) is 14.5. The Kier molecular flexibility index (Phi) is 3.70.